The molecule has 0 radical (unpaired) electrons. The van der Waals surface area contributed by atoms with Gasteiger partial charge in [-0.1, -0.05) is 23.2 Å². The Morgan fingerprint density at radius 2 is 2.00 bits per heavy atom. The van der Waals surface area contributed by atoms with Crippen molar-refractivity contribution < 1.29 is 19.6 Å². The lowest BCUT2D eigenvalue weighted by atomic mass is 10.2. The van der Waals surface area contributed by atoms with Crippen LogP contribution in [0.2, 0.25) is 10.2 Å². The SMILES string of the molecule is O=C(O)c1ccc(Cl)nc1Oc1ccc([N+](=O)[O-])cc1Cl. The molecule has 0 aliphatic rings. The van der Waals surface area contributed by atoms with Crippen molar-refractivity contribution in [3.05, 3.63) is 56.2 Å². The summed E-state index contributed by atoms with van der Waals surface area (Å²) < 4.78 is 5.29. The van der Waals surface area contributed by atoms with E-state index in [2.05, 4.69) is 4.98 Å². The Kier molecular flexibility index (Phi) is 4.25. The molecular weight excluding hydrogens is 323 g/mol. The summed E-state index contributed by atoms with van der Waals surface area (Å²) in [7, 11) is 0. The van der Waals surface area contributed by atoms with Gasteiger partial charge in [-0.2, -0.15) is 0 Å². The Labute approximate surface area is 127 Å². The van der Waals surface area contributed by atoms with Crippen molar-refractivity contribution in [2.75, 3.05) is 0 Å². The third kappa shape index (κ3) is 3.39. The molecule has 0 saturated heterocycles. The zero-order valence-corrected chi connectivity index (χ0v) is 11.6. The lowest BCUT2D eigenvalue weighted by Crippen LogP contribution is -2.02. The molecule has 0 bridgehead atoms. The molecule has 7 nitrogen and oxygen atoms in total. The molecule has 1 aromatic carbocycles. The number of carbonyl (C=O) groups is 1. The normalized spacial score (nSPS) is 10.2. The number of carboxylic acids is 1. The molecule has 1 aromatic heterocycles. The maximum absolute atomic E-state index is 11.1. The Hall–Kier alpha value is -2.38. The van der Waals surface area contributed by atoms with E-state index in [1.807, 2.05) is 0 Å². The van der Waals surface area contributed by atoms with Gasteiger partial charge in [0.2, 0.25) is 5.88 Å². The van der Waals surface area contributed by atoms with E-state index in [0.717, 1.165) is 6.07 Å². The summed E-state index contributed by atoms with van der Waals surface area (Å²) in [5.41, 5.74) is -0.432. The molecule has 0 unspecified atom stereocenters. The number of benzene rings is 1. The lowest BCUT2D eigenvalue weighted by molar-refractivity contribution is -0.384. The van der Waals surface area contributed by atoms with Gasteiger partial charge in [0.1, 0.15) is 16.5 Å². The standard InChI is InChI=1S/C12H6Cl2N2O5/c13-8-5-6(16(19)20)1-3-9(8)21-11-7(12(17)18)2-4-10(14)15-11/h1-5H,(H,17,18). The Bertz CT molecular complexity index is 736. The molecule has 0 saturated carbocycles. The maximum atomic E-state index is 11.1. The molecule has 108 valence electrons. The molecule has 1 N–H and O–H groups in total. The highest BCUT2D eigenvalue weighted by atomic mass is 35.5. The number of ether oxygens (including phenoxy) is 1. The van der Waals surface area contributed by atoms with Crippen molar-refractivity contribution in [3.8, 4) is 11.6 Å². The summed E-state index contributed by atoms with van der Waals surface area (Å²) in [5, 5.41) is 19.6. The number of hydrogen-bond donors (Lipinski definition) is 1. The minimum Gasteiger partial charge on any atom is -0.477 e. The summed E-state index contributed by atoms with van der Waals surface area (Å²) in [4.78, 5) is 24.8. The van der Waals surface area contributed by atoms with E-state index in [1.165, 1.54) is 24.3 Å². The van der Waals surface area contributed by atoms with Crippen LogP contribution in [0.15, 0.2) is 30.3 Å². The molecule has 0 fully saturated rings. The van der Waals surface area contributed by atoms with Crippen LogP contribution < -0.4 is 4.74 Å². The maximum Gasteiger partial charge on any atom is 0.341 e. The number of rotatable bonds is 4. The average Bonchev–Trinajstić information content (AvgIpc) is 2.40. The first-order valence-electron chi connectivity index (χ1n) is 5.40. The van der Waals surface area contributed by atoms with Crippen molar-refractivity contribution in [1.82, 2.24) is 4.98 Å². The second kappa shape index (κ2) is 5.94. The van der Waals surface area contributed by atoms with Crippen LogP contribution in [0, 0.1) is 10.1 Å². The fourth-order valence-electron chi connectivity index (χ4n) is 1.45. The molecule has 0 aliphatic carbocycles. The number of carboxylic acid groups (broad SMARTS) is 1. The number of nitro benzene ring substituents is 1. The first-order valence-corrected chi connectivity index (χ1v) is 6.15. The zero-order valence-electron chi connectivity index (χ0n) is 10.1. The van der Waals surface area contributed by atoms with E-state index in [0.29, 0.717) is 0 Å². The molecule has 0 amide bonds. The van der Waals surface area contributed by atoms with Crippen LogP contribution >= 0.6 is 23.2 Å². The minimum absolute atomic E-state index is 0.0273. The largest absolute Gasteiger partial charge is 0.477 e. The van der Waals surface area contributed by atoms with Gasteiger partial charge < -0.3 is 9.84 Å². The summed E-state index contributed by atoms with van der Waals surface area (Å²) in [6, 6.07) is 6.03. The minimum atomic E-state index is -1.26. The molecular formula is C12H6Cl2N2O5. The summed E-state index contributed by atoms with van der Waals surface area (Å²) >= 11 is 11.5. The lowest BCUT2D eigenvalue weighted by Gasteiger charge is -2.09. The van der Waals surface area contributed by atoms with Gasteiger partial charge in [-0.25, -0.2) is 9.78 Å². The predicted molar refractivity (Wildman–Crippen MR) is 74.4 cm³/mol. The molecule has 2 rings (SSSR count). The first-order chi connectivity index (χ1) is 9.88. The Morgan fingerprint density at radius 3 is 2.57 bits per heavy atom. The Balaban J connectivity index is 2.40. The number of pyridine rings is 1. The van der Waals surface area contributed by atoms with Crippen molar-refractivity contribution in [3.63, 3.8) is 0 Å². The van der Waals surface area contributed by atoms with Gasteiger partial charge in [-0.15, -0.1) is 0 Å². The van der Waals surface area contributed by atoms with E-state index >= 15 is 0 Å². The second-order valence-electron chi connectivity index (χ2n) is 3.77. The summed E-state index contributed by atoms with van der Waals surface area (Å²) in [5.74, 6) is -1.49. The van der Waals surface area contributed by atoms with Crippen LogP contribution in [0.1, 0.15) is 10.4 Å². The third-order valence-electron chi connectivity index (χ3n) is 2.39. The van der Waals surface area contributed by atoms with Crippen molar-refractivity contribution >= 4 is 34.9 Å². The number of nitrogens with zero attached hydrogens (tertiary/aromatic N) is 2. The third-order valence-corrected chi connectivity index (χ3v) is 2.90. The fourth-order valence-corrected chi connectivity index (χ4v) is 1.80. The van der Waals surface area contributed by atoms with Gasteiger partial charge in [-0.05, 0) is 18.2 Å². The number of hydrogen-bond acceptors (Lipinski definition) is 5. The smallest absolute Gasteiger partial charge is 0.341 e. The van der Waals surface area contributed by atoms with Gasteiger partial charge in [0.05, 0.1) is 9.95 Å². The fraction of sp³-hybridized carbons (Fsp3) is 0. The van der Waals surface area contributed by atoms with E-state index in [9.17, 15) is 14.9 Å². The van der Waals surface area contributed by atoms with Crippen LogP contribution in [0.25, 0.3) is 0 Å². The number of aromatic carboxylic acids is 1. The molecule has 0 spiro atoms. The number of halogens is 2. The van der Waals surface area contributed by atoms with E-state index in [-0.39, 0.29) is 33.1 Å². The topological polar surface area (TPSA) is 103 Å². The molecule has 1 heterocycles. The molecule has 0 atom stereocenters. The second-order valence-corrected chi connectivity index (χ2v) is 4.56. The van der Waals surface area contributed by atoms with Gasteiger partial charge in [0, 0.05) is 12.1 Å². The molecule has 2 aromatic rings. The quantitative estimate of drug-likeness (QED) is 0.520. The number of nitro groups is 1. The van der Waals surface area contributed by atoms with Crippen LogP contribution in [-0.2, 0) is 0 Å². The van der Waals surface area contributed by atoms with Gasteiger partial charge in [0.25, 0.3) is 5.69 Å². The first kappa shape index (κ1) is 15.0. The highest BCUT2D eigenvalue weighted by Crippen LogP contribution is 2.33. The monoisotopic (exact) mass is 328 g/mol. The zero-order chi connectivity index (χ0) is 15.6. The van der Waals surface area contributed by atoms with E-state index in [4.69, 9.17) is 33.0 Å². The molecule has 21 heavy (non-hydrogen) atoms. The number of non-ortho nitro benzene ring substituents is 1. The van der Waals surface area contributed by atoms with Crippen LogP contribution in [0.4, 0.5) is 5.69 Å². The number of aromatic nitrogens is 1. The van der Waals surface area contributed by atoms with E-state index in [1.54, 1.807) is 0 Å². The van der Waals surface area contributed by atoms with Crippen LogP contribution in [0.3, 0.4) is 0 Å². The van der Waals surface area contributed by atoms with Crippen LogP contribution in [0.5, 0.6) is 11.6 Å². The molecule has 9 heteroatoms. The van der Waals surface area contributed by atoms with Gasteiger partial charge >= 0.3 is 5.97 Å². The van der Waals surface area contributed by atoms with Gasteiger partial charge in [0.15, 0.2) is 0 Å². The summed E-state index contributed by atoms with van der Waals surface area (Å²) in [6.45, 7) is 0. The van der Waals surface area contributed by atoms with Crippen molar-refractivity contribution in [1.29, 1.82) is 0 Å². The average molecular weight is 329 g/mol. The van der Waals surface area contributed by atoms with Crippen molar-refractivity contribution in [2.24, 2.45) is 0 Å². The van der Waals surface area contributed by atoms with Crippen molar-refractivity contribution in [2.45, 2.75) is 0 Å². The van der Waals surface area contributed by atoms with Gasteiger partial charge in [-0.3, -0.25) is 10.1 Å². The Morgan fingerprint density at radius 1 is 1.29 bits per heavy atom. The van der Waals surface area contributed by atoms with E-state index < -0.39 is 10.9 Å². The molecule has 0 aliphatic heterocycles. The highest BCUT2D eigenvalue weighted by molar-refractivity contribution is 6.32. The van der Waals surface area contributed by atoms with Crippen LogP contribution in [-0.4, -0.2) is 21.0 Å². The predicted octanol–water partition coefficient (Wildman–Crippen LogP) is 3.79. The summed E-state index contributed by atoms with van der Waals surface area (Å²) in [6.07, 6.45) is 0. The highest BCUT2D eigenvalue weighted by Gasteiger charge is 2.17.